The van der Waals surface area contributed by atoms with Crippen LogP contribution in [0.2, 0.25) is 0 Å². The van der Waals surface area contributed by atoms with Gasteiger partial charge in [-0.2, -0.15) is 0 Å². The lowest BCUT2D eigenvalue weighted by Gasteiger charge is -2.06. The molecule has 7 nitrogen and oxygen atoms in total. The highest BCUT2D eigenvalue weighted by atomic mass is 32.1. The van der Waals surface area contributed by atoms with Gasteiger partial charge in [-0.15, -0.1) is 22.7 Å². The molecule has 2 aromatic heterocycles. The third-order valence-electron chi connectivity index (χ3n) is 5.78. The van der Waals surface area contributed by atoms with Crippen molar-refractivity contribution in [3.63, 3.8) is 0 Å². The second-order valence-corrected chi connectivity index (χ2v) is 10.3. The minimum Gasteiger partial charge on any atom is -0.497 e. The van der Waals surface area contributed by atoms with Gasteiger partial charge >= 0.3 is 0 Å². The lowest BCUT2D eigenvalue weighted by Crippen LogP contribution is -2.24. The van der Waals surface area contributed by atoms with E-state index < -0.39 is 0 Å². The van der Waals surface area contributed by atoms with Crippen molar-refractivity contribution in [2.75, 3.05) is 14.2 Å². The van der Waals surface area contributed by atoms with E-state index in [9.17, 15) is 9.59 Å². The van der Waals surface area contributed by atoms with Crippen molar-refractivity contribution in [3.8, 4) is 26.2 Å². The fourth-order valence-electron chi connectivity index (χ4n) is 3.65. The van der Waals surface area contributed by atoms with E-state index in [0.717, 1.165) is 49.5 Å². The molecule has 0 atom stereocenters. The Labute approximate surface area is 211 Å². The molecule has 1 saturated carbocycles. The van der Waals surface area contributed by atoms with Crippen molar-refractivity contribution in [1.82, 2.24) is 20.6 Å². The Bertz CT molecular complexity index is 1360. The number of thiazole rings is 2. The highest BCUT2D eigenvalue weighted by molar-refractivity contribution is 7.23. The van der Waals surface area contributed by atoms with Crippen molar-refractivity contribution in [2.45, 2.75) is 25.3 Å². The Hall–Kier alpha value is -3.56. The Morgan fingerprint density at radius 1 is 1.00 bits per heavy atom. The summed E-state index contributed by atoms with van der Waals surface area (Å²) < 4.78 is 5.24. The standard InChI is InChI=1S/C26H24N4O3S2/c1-27-23(31)18-5-3-15(4-6-18)13-28-24(32)21-22(17-7-8-17)35-26(30-21)25-29-14-20(34-25)16-9-11-19(33-2)12-10-16/h3-6,9-12,14,17H,7-8,13H2,1-2H3,(H,27,31)(H,28,32). The molecule has 0 spiro atoms. The monoisotopic (exact) mass is 504 g/mol. The van der Waals surface area contributed by atoms with Crippen LogP contribution in [0.1, 0.15) is 50.0 Å². The van der Waals surface area contributed by atoms with Crippen LogP contribution in [0.15, 0.2) is 54.7 Å². The normalized spacial score (nSPS) is 12.9. The fourth-order valence-corrected chi connectivity index (χ4v) is 5.83. The minimum absolute atomic E-state index is 0.137. The largest absolute Gasteiger partial charge is 0.497 e. The predicted molar refractivity (Wildman–Crippen MR) is 138 cm³/mol. The molecule has 0 radical (unpaired) electrons. The predicted octanol–water partition coefficient (Wildman–Crippen LogP) is 5.11. The topological polar surface area (TPSA) is 93.2 Å². The number of ether oxygens (including phenoxy) is 1. The SMILES string of the molecule is CNC(=O)c1ccc(CNC(=O)c2nc(-c3ncc(-c4ccc(OC)cc4)s3)sc2C2CC2)cc1. The van der Waals surface area contributed by atoms with Crippen molar-refractivity contribution in [3.05, 3.63) is 76.4 Å². The second-order valence-electron chi connectivity index (χ2n) is 8.22. The quantitative estimate of drug-likeness (QED) is 0.348. The molecule has 0 aliphatic heterocycles. The molecule has 9 heteroatoms. The molecule has 0 bridgehead atoms. The summed E-state index contributed by atoms with van der Waals surface area (Å²) in [5, 5.41) is 7.17. The van der Waals surface area contributed by atoms with Crippen LogP contribution in [0, 0.1) is 0 Å². The van der Waals surface area contributed by atoms with Crippen molar-refractivity contribution < 1.29 is 14.3 Å². The van der Waals surface area contributed by atoms with E-state index in [1.54, 1.807) is 49.0 Å². The maximum absolute atomic E-state index is 13.1. The van der Waals surface area contributed by atoms with Gasteiger partial charge in [-0.1, -0.05) is 12.1 Å². The molecule has 1 aliphatic rings. The zero-order valence-electron chi connectivity index (χ0n) is 19.3. The molecule has 1 fully saturated rings. The maximum atomic E-state index is 13.1. The highest BCUT2D eigenvalue weighted by Gasteiger charge is 2.32. The number of benzene rings is 2. The number of hydrogen-bond donors (Lipinski definition) is 2. The Morgan fingerprint density at radius 2 is 1.74 bits per heavy atom. The first-order valence-corrected chi connectivity index (χ1v) is 12.9. The summed E-state index contributed by atoms with van der Waals surface area (Å²) in [6.07, 6.45) is 4.01. The Kier molecular flexibility index (Phi) is 6.61. The molecule has 2 N–H and O–H groups in total. The molecule has 4 aromatic rings. The molecule has 0 unspecified atom stereocenters. The maximum Gasteiger partial charge on any atom is 0.271 e. The zero-order valence-corrected chi connectivity index (χ0v) is 21.0. The molecular weight excluding hydrogens is 480 g/mol. The van der Waals surface area contributed by atoms with Crippen LogP contribution in [0.25, 0.3) is 20.5 Å². The molecule has 0 saturated heterocycles. The first-order chi connectivity index (χ1) is 17.1. The summed E-state index contributed by atoms with van der Waals surface area (Å²) in [6.45, 7) is 0.364. The number of carbonyl (C=O) groups excluding carboxylic acids is 2. The average molecular weight is 505 g/mol. The van der Waals surface area contributed by atoms with E-state index in [2.05, 4.69) is 15.6 Å². The minimum atomic E-state index is -0.184. The van der Waals surface area contributed by atoms with Gasteiger partial charge in [0, 0.05) is 30.2 Å². The number of aromatic nitrogens is 2. The van der Waals surface area contributed by atoms with Crippen LogP contribution in [-0.2, 0) is 6.54 Å². The molecule has 1 aliphatic carbocycles. The van der Waals surface area contributed by atoms with E-state index in [-0.39, 0.29) is 11.8 Å². The van der Waals surface area contributed by atoms with E-state index in [4.69, 9.17) is 9.72 Å². The summed E-state index contributed by atoms with van der Waals surface area (Å²) in [4.78, 5) is 36.2. The molecule has 178 valence electrons. The number of nitrogens with one attached hydrogen (secondary N) is 2. The summed E-state index contributed by atoms with van der Waals surface area (Å²) in [6, 6.07) is 15.1. The molecule has 2 amide bonds. The number of hydrogen-bond acceptors (Lipinski definition) is 7. The first-order valence-electron chi connectivity index (χ1n) is 11.3. The van der Waals surface area contributed by atoms with Gasteiger partial charge in [-0.25, -0.2) is 9.97 Å². The van der Waals surface area contributed by atoms with Crippen LogP contribution in [-0.4, -0.2) is 35.9 Å². The lowest BCUT2D eigenvalue weighted by molar-refractivity contribution is 0.0942. The van der Waals surface area contributed by atoms with Crippen molar-refractivity contribution in [1.29, 1.82) is 0 Å². The van der Waals surface area contributed by atoms with Gasteiger partial charge in [-0.05, 0) is 66.3 Å². The summed E-state index contributed by atoms with van der Waals surface area (Å²) in [5.41, 5.74) is 3.06. The van der Waals surface area contributed by atoms with Gasteiger partial charge in [0.15, 0.2) is 10.0 Å². The van der Waals surface area contributed by atoms with E-state index >= 15 is 0 Å². The summed E-state index contributed by atoms with van der Waals surface area (Å²) in [7, 11) is 3.25. The Balaban J connectivity index is 1.32. The van der Waals surface area contributed by atoms with Gasteiger partial charge < -0.3 is 15.4 Å². The van der Waals surface area contributed by atoms with Crippen molar-refractivity contribution >= 4 is 34.5 Å². The number of carbonyl (C=O) groups is 2. The fraction of sp³-hybridized carbons (Fsp3) is 0.231. The van der Waals surface area contributed by atoms with Gasteiger partial charge in [-0.3, -0.25) is 9.59 Å². The van der Waals surface area contributed by atoms with E-state index in [1.165, 1.54) is 0 Å². The average Bonchev–Trinajstić information content (AvgIpc) is 3.45. The number of amides is 2. The van der Waals surface area contributed by atoms with E-state index in [1.807, 2.05) is 42.6 Å². The first kappa shape index (κ1) is 23.2. The number of rotatable bonds is 8. The van der Waals surface area contributed by atoms with Gasteiger partial charge in [0.05, 0.1) is 12.0 Å². The lowest BCUT2D eigenvalue weighted by atomic mass is 10.1. The molecule has 2 aromatic carbocycles. The highest BCUT2D eigenvalue weighted by Crippen LogP contribution is 2.47. The van der Waals surface area contributed by atoms with Crippen molar-refractivity contribution in [2.24, 2.45) is 0 Å². The molecule has 5 rings (SSSR count). The van der Waals surface area contributed by atoms with Gasteiger partial charge in [0.2, 0.25) is 0 Å². The smallest absolute Gasteiger partial charge is 0.271 e. The van der Waals surface area contributed by atoms with Crippen LogP contribution in [0.3, 0.4) is 0 Å². The third kappa shape index (κ3) is 5.11. The zero-order chi connectivity index (χ0) is 24.4. The molecule has 35 heavy (non-hydrogen) atoms. The van der Waals surface area contributed by atoms with Crippen LogP contribution < -0.4 is 15.4 Å². The number of nitrogens with zero attached hydrogens (tertiary/aromatic N) is 2. The molecular formula is C26H24N4O3S2. The summed E-state index contributed by atoms with van der Waals surface area (Å²) in [5.74, 6) is 0.888. The van der Waals surface area contributed by atoms with Crippen LogP contribution in [0.4, 0.5) is 0 Å². The second kappa shape index (κ2) is 9.97. The molecule has 2 heterocycles. The third-order valence-corrected chi connectivity index (χ3v) is 8.18. The Morgan fingerprint density at radius 3 is 2.40 bits per heavy atom. The van der Waals surface area contributed by atoms with Crippen LogP contribution in [0.5, 0.6) is 5.75 Å². The van der Waals surface area contributed by atoms with Crippen LogP contribution >= 0.6 is 22.7 Å². The van der Waals surface area contributed by atoms with E-state index in [0.29, 0.717) is 23.7 Å². The van der Waals surface area contributed by atoms with Gasteiger partial charge in [0.25, 0.3) is 11.8 Å². The van der Waals surface area contributed by atoms with Gasteiger partial charge in [0.1, 0.15) is 11.4 Å². The number of methoxy groups -OCH3 is 1. The summed E-state index contributed by atoms with van der Waals surface area (Å²) >= 11 is 3.13.